The lowest BCUT2D eigenvalue weighted by atomic mass is 9.79. The lowest BCUT2D eigenvalue weighted by Crippen LogP contribution is -2.48. The summed E-state index contributed by atoms with van der Waals surface area (Å²) in [5, 5.41) is 0. The van der Waals surface area contributed by atoms with Crippen molar-refractivity contribution in [1.82, 2.24) is 4.90 Å². The van der Waals surface area contributed by atoms with Crippen molar-refractivity contribution in [3.05, 3.63) is 0 Å². The number of ether oxygens (including phenoxy) is 2. The van der Waals surface area contributed by atoms with Crippen LogP contribution in [-0.4, -0.2) is 56.5 Å². The van der Waals surface area contributed by atoms with Gasteiger partial charge in [-0.2, -0.15) is 0 Å². The Bertz CT molecular complexity index is 262. The van der Waals surface area contributed by atoms with E-state index in [2.05, 4.69) is 18.9 Å². The van der Waals surface area contributed by atoms with E-state index < -0.39 is 0 Å². The fourth-order valence-corrected chi connectivity index (χ4v) is 3.22. The highest BCUT2D eigenvalue weighted by atomic mass is 16.5. The molecule has 0 aromatic carbocycles. The summed E-state index contributed by atoms with van der Waals surface area (Å²) in [7, 11) is 2.14. The molecule has 0 bridgehead atoms. The number of hydrogen-bond acceptors (Lipinski definition) is 4. The molecule has 1 saturated carbocycles. The van der Waals surface area contributed by atoms with Crippen LogP contribution in [0, 0.1) is 5.92 Å². The number of nitrogens with zero attached hydrogens (tertiary/aromatic N) is 1. The summed E-state index contributed by atoms with van der Waals surface area (Å²) in [5.41, 5.74) is 5.88. The van der Waals surface area contributed by atoms with E-state index in [1.165, 1.54) is 12.8 Å². The molecular weight excluding hydrogens is 228 g/mol. The largest absolute Gasteiger partial charge is 0.373 e. The molecule has 4 heteroatoms. The molecule has 3 unspecified atom stereocenters. The third-order valence-corrected chi connectivity index (χ3v) is 4.34. The van der Waals surface area contributed by atoms with Crippen LogP contribution in [0.25, 0.3) is 0 Å². The Kier molecular flexibility index (Phi) is 5.01. The topological polar surface area (TPSA) is 47.7 Å². The van der Waals surface area contributed by atoms with Crippen LogP contribution in [0.5, 0.6) is 0 Å². The maximum absolute atomic E-state index is 6.20. The fraction of sp³-hybridized carbons (Fsp3) is 1.00. The third-order valence-electron chi connectivity index (χ3n) is 4.34. The molecule has 1 aliphatic heterocycles. The molecule has 1 heterocycles. The van der Waals surface area contributed by atoms with Crippen molar-refractivity contribution >= 4 is 0 Å². The molecule has 0 radical (unpaired) electrons. The first-order valence-electron chi connectivity index (χ1n) is 7.28. The molecule has 0 spiro atoms. The van der Waals surface area contributed by atoms with Gasteiger partial charge in [0.2, 0.25) is 0 Å². The third kappa shape index (κ3) is 3.67. The lowest BCUT2D eigenvalue weighted by Gasteiger charge is -2.40. The molecule has 2 rings (SSSR count). The Morgan fingerprint density at radius 3 is 3.00 bits per heavy atom. The maximum Gasteiger partial charge on any atom is 0.0935 e. The van der Waals surface area contributed by atoms with Crippen LogP contribution in [0.15, 0.2) is 0 Å². The predicted octanol–water partition coefficient (Wildman–Crippen LogP) is 1.24. The van der Waals surface area contributed by atoms with Gasteiger partial charge in [0.1, 0.15) is 0 Å². The van der Waals surface area contributed by atoms with Gasteiger partial charge in [-0.15, -0.1) is 0 Å². The summed E-state index contributed by atoms with van der Waals surface area (Å²) in [5.74, 6) is 0.734. The van der Waals surface area contributed by atoms with Crippen LogP contribution in [0.1, 0.15) is 32.6 Å². The van der Waals surface area contributed by atoms with Gasteiger partial charge in [0.25, 0.3) is 0 Å². The van der Waals surface area contributed by atoms with Crippen LogP contribution in [0.4, 0.5) is 0 Å². The van der Waals surface area contributed by atoms with E-state index in [-0.39, 0.29) is 11.7 Å². The molecule has 2 fully saturated rings. The monoisotopic (exact) mass is 256 g/mol. The summed E-state index contributed by atoms with van der Waals surface area (Å²) < 4.78 is 11.9. The normalized spacial score (nSPS) is 38.8. The van der Waals surface area contributed by atoms with E-state index in [1.807, 2.05) is 0 Å². The number of rotatable bonds is 4. The fourth-order valence-electron chi connectivity index (χ4n) is 3.22. The van der Waals surface area contributed by atoms with Crippen molar-refractivity contribution in [3.63, 3.8) is 0 Å². The number of hydrogen-bond donors (Lipinski definition) is 1. The average Bonchev–Trinajstić information content (AvgIpc) is 2.37. The molecule has 3 atom stereocenters. The molecule has 1 saturated heterocycles. The minimum atomic E-state index is -0.0863. The number of nitrogens with two attached hydrogens (primary N) is 1. The van der Waals surface area contributed by atoms with Crippen LogP contribution in [0.3, 0.4) is 0 Å². The minimum absolute atomic E-state index is 0.0863. The second-order valence-corrected chi connectivity index (χ2v) is 6.15. The van der Waals surface area contributed by atoms with Crippen molar-refractivity contribution < 1.29 is 9.47 Å². The zero-order chi connectivity index (χ0) is 13.0. The van der Waals surface area contributed by atoms with E-state index >= 15 is 0 Å². The van der Waals surface area contributed by atoms with E-state index in [9.17, 15) is 0 Å². The molecule has 0 aromatic heterocycles. The van der Waals surface area contributed by atoms with Crippen molar-refractivity contribution in [2.24, 2.45) is 11.7 Å². The Morgan fingerprint density at radius 2 is 2.33 bits per heavy atom. The molecule has 2 N–H and O–H groups in total. The summed E-state index contributed by atoms with van der Waals surface area (Å²) in [6.45, 7) is 6.44. The van der Waals surface area contributed by atoms with E-state index in [4.69, 9.17) is 15.2 Å². The highest BCUT2D eigenvalue weighted by Gasteiger charge is 2.35. The van der Waals surface area contributed by atoms with E-state index in [1.54, 1.807) is 0 Å². The number of morpholine rings is 1. The van der Waals surface area contributed by atoms with Gasteiger partial charge in [-0.25, -0.2) is 0 Å². The Balaban J connectivity index is 1.82. The second kappa shape index (κ2) is 6.33. The summed E-state index contributed by atoms with van der Waals surface area (Å²) in [6, 6.07) is 0. The van der Waals surface area contributed by atoms with E-state index in [0.717, 1.165) is 38.5 Å². The van der Waals surface area contributed by atoms with Crippen LogP contribution in [-0.2, 0) is 9.47 Å². The van der Waals surface area contributed by atoms with Crippen molar-refractivity contribution in [2.75, 3.05) is 39.9 Å². The molecule has 4 nitrogen and oxygen atoms in total. The van der Waals surface area contributed by atoms with Crippen LogP contribution in [0.2, 0.25) is 0 Å². The minimum Gasteiger partial charge on any atom is -0.373 e. The van der Waals surface area contributed by atoms with Gasteiger partial charge in [0.05, 0.1) is 24.9 Å². The van der Waals surface area contributed by atoms with Crippen molar-refractivity contribution in [2.45, 2.75) is 44.3 Å². The maximum atomic E-state index is 6.20. The summed E-state index contributed by atoms with van der Waals surface area (Å²) in [6.07, 6.45) is 4.98. The van der Waals surface area contributed by atoms with E-state index in [0.29, 0.717) is 13.2 Å². The molecule has 106 valence electrons. The van der Waals surface area contributed by atoms with Crippen molar-refractivity contribution in [3.8, 4) is 0 Å². The highest BCUT2D eigenvalue weighted by molar-refractivity contribution is 4.88. The smallest absolute Gasteiger partial charge is 0.0935 e. The van der Waals surface area contributed by atoms with Crippen molar-refractivity contribution in [1.29, 1.82) is 0 Å². The molecule has 0 amide bonds. The molecule has 1 aliphatic carbocycles. The zero-order valence-electron chi connectivity index (χ0n) is 11.9. The van der Waals surface area contributed by atoms with Crippen LogP contribution < -0.4 is 5.73 Å². The first-order valence-corrected chi connectivity index (χ1v) is 7.28. The molecule has 2 aliphatic rings. The number of likely N-dealkylation sites (N-methyl/N-ethyl adjacent to an activating group) is 1. The van der Waals surface area contributed by atoms with Gasteiger partial charge in [0.15, 0.2) is 0 Å². The van der Waals surface area contributed by atoms with Gasteiger partial charge < -0.3 is 20.1 Å². The SMILES string of the molecule is CC1CCCC(CN)(OCC2CN(C)CCO2)C1. The Labute approximate surface area is 111 Å². The Morgan fingerprint density at radius 1 is 1.50 bits per heavy atom. The first kappa shape index (κ1) is 14.3. The second-order valence-electron chi connectivity index (χ2n) is 6.15. The predicted molar refractivity (Wildman–Crippen MR) is 72.6 cm³/mol. The van der Waals surface area contributed by atoms with Gasteiger partial charge >= 0.3 is 0 Å². The van der Waals surface area contributed by atoms with Gasteiger partial charge in [-0.3, -0.25) is 0 Å². The lowest BCUT2D eigenvalue weighted by molar-refractivity contribution is -0.130. The summed E-state index contributed by atoms with van der Waals surface area (Å²) in [4.78, 5) is 2.30. The standard InChI is InChI=1S/C14H28N2O2/c1-12-4-3-5-14(8-12,11-15)18-10-13-9-16(2)6-7-17-13/h12-13H,3-11,15H2,1-2H3. The molecule has 18 heavy (non-hydrogen) atoms. The highest BCUT2D eigenvalue weighted by Crippen LogP contribution is 2.34. The molecule has 0 aromatic rings. The average molecular weight is 256 g/mol. The Hall–Kier alpha value is -0.160. The van der Waals surface area contributed by atoms with Gasteiger partial charge in [0, 0.05) is 19.6 Å². The van der Waals surface area contributed by atoms with Gasteiger partial charge in [-0.1, -0.05) is 19.8 Å². The van der Waals surface area contributed by atoms with Crippen LogP contribution >= 0.6 is 0 Å². The molecular formula is C14H28N2O2. The quantitative estimate of drug-likeness (QED) is 0.822. The first-order chi connectivity index (χ1) is 8.63. The summed E-state index contributed by atoms with van der Waals surface area (Å²) >= 11 is 0. The van der Waals surface area contributed by atoms with Gasteiger partial charge in [-0.05, 0) is 25.8 Å². The zero-order valence-corrected chi connectivity index (χ0v) is 11.9.